The molecule has 1 aliphatic rings. The molecule has 3 rings (SSSR count). The van der Waals surface area contributed by atoms with Gasteiger partial charge in [0.25, 0.3) is 0 Å². The number of carbonyl (C=O) groups excluding carboxylic acids is 1. The number of ketones is 1. The topological polar surface area (TPSA) is 60.4 Å². The second kappa shape index (κ2) is 5.49. The van der Waals surface area contributed by atoms with E-state index in [0.29, 0.717) is 11.3 Å². The lowest BCUT2D eigenvalue weighted by molar-refractivity contribution is 0.0698. The van der Waals surface area contributed by atoms with Crippen molar-refractivity contribution in [2.75, 3.05) is 12.4 Å². The van der Waals surface area contributed by atoms with Crippen LogP contribution in [0.15, 0.2) is 53.4 Å². The summed E-state index contributed by atoms with van der Waals surface area (Å²) < 4.78 is 31.0. The van der Waals surface area contributed by atoms with Crippen molar-refractivity contribution >= 4 is 15.6 Å². The number of carbonyl (C=O) groups is 1. The molecule has 2 aromatic rings. The minimum absolute atomic E-state index is 0.0634. The van der Waals surface area contributed by atoms with E-state index >= 15 is 0 Å². The summed E-state index contributed by atoms with van der Waals surface area (Å²) in [7, 11) is -3.57. The van der Waals surface area contributed by atoms with Gasteiger partial charge in [-0.3, -0.25) is 4.79 Å². The van der Waals surface area contributed by atoms with Crippen LogP contribution in [0, 0.1) is 12.3 Å². The minimum Gasteiger partial charge on any atom is -0.492 e. The van der Waals surface area contributed by atoms with Gasteiger partial charge in [-0.25, -0.2) is 8.42 Å². The van der Waals surface area contributed by atoms with E-state index in [2.05, 4.69) is 0 Å². The molecule has 0 fully saturated rings. The Morgan fingerprint density at radius 2 is 1.74 bits per heavy atom. The van der Waals surface area contributed by atoms with Crippen LogP contribution in [0.25, 0.3) is 0 Å². The Bertz CT molecular complexity index is 853. The molecule has 4 nitrogen and oxygen atoms in total. The molecule has 0 amide bonds. The van der Waals surface area contributed by atoms with Gasteiger partial charge in [-0.1, -0.05) is 29.8 Å². The molecule has 0 saturated heterocycles. The molecule has 120 valence electrons. The van der Waals surface area contributed by atoms with Crippen LogP contribution in [-0.2, 0) is 9.84 Å². The van der Waals surface area contributed by atoms with E-state index in [1.807, 2.05) is 6.92 Å². The predicted octanol–water partition coefficient (Wildman–Crippen LogP) is 3.05. The summed E-state index contributed by atoms with van der Waals surface area (Å²) in [4.78, 5) is 13.0. The number of benzene rings is 2. The van der Waals surface area contributed by atoms with Gasteiger partial charge in [0, 0.05) is 0 Å². The molecule has 0 bridgehead atoms. The first-order chi connectivity index (χ1) is 10.8. The van der Waals surface area contributed by atoms with E-state index < -0.39 is 15.3 Å². The number of Topliss-reactive ketones (excluding diaryl/α,β-unsaturated/α-hetero) is 1. The minimum atomic E-state index is -3.57. The van der Waals surface area contributed by atoms with Crippen LogP contribution in [0.3, 0.4) is 0 Å². The van der Waals surface area contributed by atoms with E-state index in [4.69, 9.17) is 4.74 Å². The van der Waals surface area contributed by atoms with Crippen LogP contribution in [0.1, 0.15) is 22.8 Å². The fraction of sp³-hybridized carbons (Fsp3) is 0.278. The molecule has 5 heteroatoms. The largest absolute Gasteiger partial charge is 0.492 e. The number of para-hydroxylation sites is 1. The maximum atomic E-state index is 12.8. The molecule has 0 unspecified atom stereocenters. The average molecular weight is 330 g/mol. The van der Waals surface area contributed by atoms with Crippen LogP contribution in [0.2, 0.25) is 0 Å². The van der Waals surface area contributed by atoms with Gasteiger partial charge in [0.2, 0.25) is 0 Å². The zero-order chi connectivity index (χ0) is 16.7. The summed E-state index contributed by atoms with van der Waals surface area (Å²) in [6.07, 6.45) is 0. The first-order valence-electron chi connectivity index (χ1n) is 7.38. The SMILES string of the molecule is Cc1ccc(S(=O)(=O)C[C@@]2(C)COc3ccccc3C2=O)cc1. The van der Waals surface area contributed by atoms with E-state index in [9.17, 15) is 13.2 Å². The van der Waals surface area contributed by atoms with Crippen molar-refractivity contribution in [1.82, 2.24) is 0 Å². The van der Waals surface area contributed by atoms with Crippen molar-refractivity contribution in [3.63, 3.8) is 0 Å². The standard InChI is InChI=1S/C18H18O4S/c1-13-7-9-14(10-8-13)23(20,21)12-18(2)11-22-16-6-4-3-5-15(16)17(18)19/h3-10H,11-12H2,1-2H3/t18-/m1/s1. The molecule has 0 saturated carbocycles. The summed E-state index contributed by atoms with van der Waals surface area (Å²) in [6, 6.07) is 13.6. The number of hydrogen-bond donors (Lipinski definition) is 0. The van der Waals surface area contributed by atoms with Gasteiger partial charge < -0.3 is 4.74 Å². The Morgan fingerprint density at radius 3 is 2.43 bits per heavy atom. The molecular formula is C18H18O4S. The monoisotopic (exact) mass is 330 g/mol. The summed E-state index contributed by atoms with van der Waals surface area (Å²) in [6.45, 7) is 3.61. The molecule has 0 aliphatic carbocycles. The summed E-state index contributed by atoms with van der Waals surface area (Å²) in [5, 5.41) is 0. The van der Waals surface area contributed by atoms with Gasteiger partial charge in [0.1, 0.15) is 12.4 Å². The van der Waals surface area contributed by atoms with E-state index in [-0.39, 0.29) is 23.0 Å². The maximum Gasteiger partial charge on any atom is 0.179 e. The number of fused-ring (bicyclic) bond motifs is 1. The molecule has 2 aromatic carbocycles. The van der Waals surface area contributed by atoms with Crippen molar-refractivity contribution in [2.24, 2.45) is 5.41 Å². The number of ether oxygens (including phenoxy) is 1. The Kier molecular flexibility index (Phi) is 3.76. The van der Waals surface area contributed by atoms with Gasteiger partial charge >= 0.3 is 0 Å². The quantitative estimate of drug-likeness (QED) is 0.868. The number of rotatable bonds is 3. The summed E-state index contributed by atoms with van der Waals surface area (Å²) in [5.41, 5.74) is 0.347. The van der Waals surface area contributed by atoms with Crippen LogP contribution >= 0.6 is 0 Å². The lowest BCUT2D eigenvalue weighted by atomic mass is 9.83. The van der Waals surface area contributed by atoms with E-state index in [1.54, 1.807) is 55.5 Å². The van der Waals surface area contributed by atoms with Crippen molar-refractivity contribution in [2.45, 2.75) is 18.7 Å². The molecule has 1 atom stereocenters. The zero-order valence-corrected chi connectivity index (χ0v) is 13.9. The molecule has 1 heterocycles. The molecule has 0 spiro atoms. The van der Waals surface area contributed by atoms with Gasteiger partial charge in [-0.05, 0) is 38.1 Å². The van der Waals surface area contributed by atoms with Crippen LogP contribution in [0.4, 0.5) is 0 Å². The number of aryl methyl sites for hydroxylation is 1. The highest BCUT2D eigenvalue weighted by atomic mass is 32.2. The van der Waals surface area contributed by atoms with E-state index in [1.165, 1.54) is 0 Å². The third-order valence-corrected chi connectivity index (χ3v) is 6.12. The lowest BCUT2D eigenvalue weighted by Gasteiger charge is -2.32. The second-order valence-corrected chi connectivity index (χ2v) is 8.24. The highest BCUT2D eigenvalue weighted by Crippen LogP contribution is 2.36. The fourth-order valence-electron chi connectivity index (χ4n) is 2.76. The van der Waals surface area contributed by atoms with Crippen molar-refractivity contribution < 1.29 is 17.9 Å². The smallest absolute Gasteiger partial charge is 0.179 e. The van der Waals surface area contributed by atoms with Gasteiger partial charge in [0.05, 0.1) is 21.6 Å². The Morgan fingerprint density at radius 1 is 1.09 bits per heavy atom. The van der Waals surface area contributed by atoms with Crippen molar-refractivity contribution in [3.8, 4) is 5.75 Å². The third-order valence-electron chi connectivity index (χ3n) is 4.11. The Balaban J connectivity index is 1.93. The molecule has 23 heavy (non-hydrogen) atoms. The first-order valence-corrected chi connectivity index (χ1v) is 9.03. The molecular weight excluding hydrogens is 312 g/mol. The zero-order valence-electron chi connectivity index (χ0n) is 13.1. The van der Waals surface area contributed by atoms with Crippen LogP contribution in [0.5, 0.6) is 5.75 Å². The fourth-order valence-corrected chi connectivity index (χ4v) is 4.53. The predicted molar refractivity (Wildman–Crippen MR) is 87.6 cm³/mol. The first kappa shape index (κ1) is 15.7. The molecule has 0 N–H and O–H groups in total. The second-order valence-electron chi connectivity index (χ2n) is 6.25. The molecule has 1 aliphatic heterocycles. The summed E-state index contributed by atoms with van der Waals surface area (Å²) >= 11 is 0. The normalized spacial score (nSPS) is 20.7. The number of hydrogen-bond acceptors (Lipinski definition) is 4. The lowest BCUT2D eigenvalue weighted by Crippen LogP contribution is -2.43. The highest BCUT2D eigenvalue weighted by Gasteiger charge is 2.43. The Hall–Kier alpha value is -2.14. The van der Waals surface area contributed by atoms with Crippen LogP contribution in [-0.4, -0.2) is 26.6 Å². The molecule has 0 radical (unpaired) electrons. The van der Waals surface area contributed by atoms with Crippen molar-refractivity contribution in [1.29, 1.82) is 0 Å². The maximum absolute atomic E-state index is 12.8. The van der Waals surface area contributed by atoms with Gasteiger partial charge in [0.15, 0.2) is 15.6 Å². The van der Waals surface area contributed by atoms with Crippen molar-refractivity contribution in [3.05, 3.63) is 59.7 Å². The highest BCUT2D eigenvalue weighted by molar-refractivity contribution is 7.91. The summed E-state index contributed by atoms with van der Waals surface area (Å²) in [5.74, 6) is 0.0636. The van der Waals surface area contributed by atoms with E-state index in [0.717, 1.165) is 5.56 Å². The third kappa shape index (κ3) is 2.88. The average Bonchev–Trinajstić information content (AvgIpc) is 2.52. The van der Waals surface area contributed by atoms with Gasteiger partial charge in [-0.15, -0.1) is 0 Å². The van der Waals surface area contributed by atoms with Crippen LogP contribution < -0.4 is 4.74 Å². The van der Waals surface area contributed by atoms with Gasteiger partial charge in [-0.2, -0.15) is 0 Å². The molecule has 0 aromatic heterocycles. The number of sulfone groups is 1. The Labute approximate surface area is 136 Å².